The van der Waals surface area contributed by atoms with Crippen molar-refractivity contribution in [3.05, 3.63) is 62.7 Å². The van der Waals surface area contributed by atoms with E-state index in [1.807, 2.05) is 27.7 Å². The van der Waals surface area contributed by atoms with Crippen LogP contribution < -0.4 is 38.5 Å². The smallest absolute Gasteiger partial charge is 0.493 e. The number of carbonyl (C=O) groups is 3. The van der Waals surface area contributed by atoms with E-state index in [-0.39, 0.29) is 42.8 Å². The first-order valence-electron chi connectivity index (χ1n) is 22.0. The van der Waals surface area contributed by atoms with E-state index < -0.39 is 58.7 Å². The van der Waals surface area contributed by atoms with Gasteiger partial charge >= 0.3 is 18.1 Å². The maximum Gasteiger partial charge on any atom is 0.514 e. The van der Waals surface area contributed by atoms with Gasteiger partial charge in [-0.2, -0.15) is 5.26 Å². The molecule has 1 N–H and O–H groups in total. The van der Waals surface area contributed by atoms with Crippen molar-refractivity contribution in [1.29, 1.82) is 5.26 Å². The van der Waals surface area contributed by atoms with Crippen LogP contribution in [0.2, 0.25) is 0 Å². The van der Waals surface area contributed by atoms with Gasteiger partial charge in [0.15, 0.2) is 40.0 Å². The van der Waals surface area contributed by atoms with Gasteiger partial charge in [0.1, 0.15) is 24.0 Å². The van der Waals surface area contributed by atoms with Crippen molar-refractivity contribution in [3.63, 3.8) is 0 Å². The number of nitrogens with one attached hydrogen (secondary N) is 1. The Hall–Kier alpha value is -5.41. The molecule has 0 aromatic heterocycles. The number of fused-ring (bicyclic) bond motifs is 9. The van der Waals surface area contributed by atoms with Crippen LogP contribution in [0.4, 0.5) is 4.79 Å². The maximum absolute atomic E-state index is 15.2. The van der Waals surface area contributed by atoms with E-state index >= 15 is 4.79 Å². The van der Waals surface area contributed by atoms with Crippen LogP contribution in [0, 0.1) is 25.2 Å². The average Bonchev–Trinajstić information content (AvgIpc) is 3.73. The highest BCUT2D eigenvalue weighted by atomic mass is 32.2. The molecule has 7 aliphatic rings. The molecule has 0 aliphatic carbocycles. The molecule has 3 aromatic carbocycles. The van der Waals surface area contributed by atoms with Crippen LogP contribution in [0.5, 0.6) is 40.2 Å². The highest BCUT2D eigenvalue weighted by molar-refractivity contribution is 7.99. The third kappa shape index (κ3) is 7.19. The normalized spacial score (nSPS) is 26.5. The Balaban J connectivity index is 1.28. The topological polar surface area (TPSA) is 177 Å². The number of piperazine rings is 1. The lowest BCUT2D eigenvalue weighted by atomic mass is 9.71. The van der Waals surface area contributed by atoms with Gasteiger partial charge < -0.3 is 42.6 Å². The molecule has 7 atom stereocenters. The Labute approximate surface area is 383 Å². The molecule has 7 aliphatic heterocycles. The molecule has 4 bridgehead atoms. The molecular weight excluding hydrogens is 857 g/mol. The molecule has 2 saturated heterocycles. The fraction of sp³-hybridized carbons (Fsp3) is 0.542. The summed E-state index contributed by atoms with van der Waals surface area (Å²) in [5.41, 5.74) is 4.05. The summed E-state index contributed by atoms with van der Waals surface area (Å²) in [6, 6.07) is 5.69. The number of benzene rings is 3. The third-order valence-corrected chi connectivity index (χ3v) is 14.8. The van der Waals surface area contributed by atoms with Gasteiger partial charge in [0.05, 0.1) is 43.7 Å². The van der Waals surface area contributed by atoms with E-state index in [2.05, 4.69) is 34.3 Å². The van der Waals surface area contributed by atoms with Crippen molar-refractivity contribution in [3.8, 4) is 46.3 Å². The second kappa shape index (κ2) is 16.5. The molecule has 0 radical (unpaired) electrons. The quantitative estimate of drug-likeness (QED) is 0.157. The van der Waals surface area contributed by atoms with Crippen LogP contribution in [0.25, 0.3) is 0 Å². The lowest BCUT2D eigenvalue weighted by Gasteiger charge is -2.62. The molecule has 1 unspecified atom stereocenters. The molecule has 346 valence electrons. The Bertz CT molecular complexity index is 2530. The van der Waals surface area contributed by atoms with Gasteiger partial charge in [-0.05, 0) is 103 Å². The van der Waals surface area contributed by atoms with Crippen molar-refractivity contribution in [2.75, 3.05) is 47.0 Å². The number of rotatable bonds is 6. The molecule has 7 heterocycles. The fourth-order valence-corrected chi connectivity index (χ4v) is 12.6. The van der Waals surface area contributed by atoms with E-state index in [0.29, 0.717) is 70.4 Å². The average molecular weight is 913 g/mol. The number of hydrogen-bond acceptors (Lipinski definition) is 17. The molecular formula is C48H56N4O12S. The molecule has 0 amide bonds. The van der Waals surface area contributed by atoms with Crippen molar-refractivity contribution < 1.29 is 57.0 Å². The van der Waals surface area contributed by atoms with Gasteiger partial charge in [-0.15, -0.1) is 11.8 Å². The molecule has 0 saturated carbocycles. The maximum atomic E-state index is 15.2. The number of aryl methyl sites for hydroxylation is 1. The van der Waals surface area contributed by atoms with Crippen LogP contribution in [-0.2, 0) is 37.4 Å². The molecule has 2 fully saturated rings. The number of methoxy groups -OCH3 is 2. The number of esters is 2. The third-order valence-electron chi connectivity index (χ3n) is 13.3. The molecule has 1 spiro atoms. The number of likely N-dealkylation sites (N-methyl/N-ethyl adjacent to an activating group) is 1. The van der Waals surface area contributed by atoms with Crippen molar-refractivity contribution in [2.24, 2.45) is 0 Å². The van der Waals surface area contributed by atoms with Gasteiger partial charge in [0.25, 0.3) is 0 Å². The number of carbonyl (C=O) groups excluding carboxylic acids is 3. The standard InChI is InChI=1S/C48H56N4O12S/c1-22(2)61-43-34-27(14-23(3)39(43)57-11)15-29-30(18-49)52-31-19-58-45(54)48(28-17-32(56-10)33(16-26(28)12-13-50-48)63-46(55)64-47(6,7)8)20-65-44(38(52)37(34)51(29)9)36-35(31)42-41(59-21-60-42)24(4)40(36)62-25(5)53/h14,16-17,22,29-31,37-38,44,50H,12-13,15,19-21H2,1-11H3/t29-,30+,31+,37-,38?,44-,48-/m1/s1. The lowest BCUT2D eigenvalue weighted by molar-refractivity contribution is -0.157. The number of nitriles is 1. The predicted molar refractivity (Wildman–Crippen MR) is 237 cm³/mol. The highest BCUT2D eigenvalue weighted by Crippen LogP contribution is 2.65. The van der Waals surface area contributed by atoms with Crippen LogP contribution in [0.15, 0.2) is 18.2 Å². The lowest BCUT2D eigenvalue weighted by Crippen LogP contribution is -2.69. The number of ether oxygens (including phenoxy) is 9. The second-order valence-corrected chi connectivity index (χ2v) is 19.9. The summed E-state index contributed by atoms with van der Waals surface area (Å²) in [5.74, 6) is 1.99. The molecule has 16 nitrogen and oxygen atoms in total. The zero-order valence-electron chi connectivity index (χ0n) is 38.7. The minimum Gasteiger partial charge on any atom is -0.493 e. The Morgan fingerprint density at radius 2 is 1.72 bits per heavy atom. The monoisotopic (exact) mass is 912 g/mol. The first kappa shape index (κ1) is 44.8. The van der Waals surface area contributed by atoms with Crippen molar-refractivity contribution in [1.82, 2.24) is 15.1 Å². The van der Waals surface area contributed by atoms with E-state index in [0.717, 1.165) is 22.3 Å². The van der Waals surface area contributed by atoms with Crippen LogP contribution >= 0.6 is 11.8 Å². The molecule has 10 rings (SSSR count). The second-order valence-electron chi connectivity index (χ2n) is 18.8. The highest BCUT2D eigenvalue weighted by Gasteiger charge is 2.62. The first-order chi connectivity index (χ1) is 30.9. The van der Waals surface area contributed by atoms with Crippen LogP contribution in [-0.4, -0.2) is 105 Å². The molecule has 17 heteroatoms. The Morgan fingerprint density at radius 1 is 0.969 bits per heavy atom. The molecule has 3 aromatic rings. The minimum atomic E-state index is -1.43. The summed E-state index contributed by atoms with van der Waals surface area (Å²) in [5, 5.41) is 14.4. The van der Waals surface area contributed by atoms with Crippen LogP contribution in [0.1, 0.15) is 103 Å². The Morgan fingerprint density at radius 3 is 2.40 bits per heavy atom. The number of thioether (sulfide) groups is 1. The summed E-state index contributed by atoms with van der Waals surface area (Å²) >= 11 is 1.51. The SMILES string of the molecule is COc1cc2c(cc1OC(=O)OC(C)(C)C)CCN[C@]21CS[C@@H]2c3c(OC(C)=O)c(C)c4c(c3[C@H](COC1=O)N1C2[C@H]2c3c(cc(C)c(OC)c3OC(C)C)C[C@H]([C@@H]1C#N)N2C)OCO4. The van der Waals surface area contributed by atoms with E-state index in [1.165, 1.54) is 25.8 Å². The van der Waals surface area contributed by atoms with Gasteiger partial charge in [0, 0.05) is 53.6 Å². The van der Waals surface area contributed by atoms with E-state index in [9.17, 15) is 14.9 Å². The van der Waals surface area contributed by atoms with Crippen molar-refractivity contribution in [2.45, 2.75) is 121 Å². The summed E-state index contributed by atoms with van der Waals surface area (Å²) in [6.45, 7) is 14.6. The summed E-state index contributed by atoms with van der Waals surface area (Å²) in [7, 11) is 5.18. The number of hydrogen-bond donors (Lipinski definition) is 1. The predicted octanol–water partition coefficient (Wildman–Crippen LogP) is 6.68. The van der Waals surface area contributed by atoms with Gasteiger partial charge in [-0.3, -0.25) is 19.9 Å². The van der Waals surface area contributed by atoms with Gasteiger partial charge in [-0.1, -0.05) is 6.07 Å². The van der Waals surface area contributed by atoms with Gasteiger partial charge in [0.2, 0.25) is 6.79 Å². The van der Waals surface area contributed by atoms with Crippen LogP contribution in [0.3, 0.4) is 0 Å². The van der Waals surface area contributed by atoms with Gasteiger partial charge in [-0.25, -0.2) is 9.59 Å². The minimum absolute atomic E-state index is 0.0662. The first-order valence-corrected chi connectivity index (χ1v) is 23.0. The largest absolute Gasteiger partial charge is 0.514 e. The summed E-state index contributed by atoms with van der Waals surface area (Å²) < 4.78 is 55.1. The zero-order chi connectivity index (χ0) is 46.4. The number of nitrogens with zero attached hydrogens (tertiary/aromatic N) is 3. The summed E-state index contributed by atoms with van der Waals surface area (Å²) in [4.78, 5) is 45.8. The fourth-order valence-electron chi connectivity index (χ4n) is 10.9. The zero-order valence-corrected chi connectivity index (χ0v) is 39.5. The van der Waals surface area contributed by atoms with Crippen molar-refractivity contribution >= 4 is 29.9 Å². The Kier molecular flexibility index (Phi) is 11.4. The van der Waals surface area contributed by atoms with E-state index in [1.54, 1.807) is 40.0 Å². The van der Waals surface area contributed by atoms with E-state index in [4.69, 9.17) is 42.6 Å². The molecule has 65 heavy (non-hydrogen) atoms. The summed E-state index contributed by atoms with van der Waals surface area (Å²) in [6.07, 6.45) is -0.0260.